The van der Waals surface area contributed by atoms with Gasteiger partial charge in [-0.25, -0.2) is 10.4 Å². The standard InChI is InChI=1S/C16H11N7O5S/c24-15(11-2-1-3-12(7-11)22(25)26)20-18-8-10-4-5-14(13(6-10)23(27)28)29-16-17-9-19-21-16/h1-9H,(H,20,24)(H,17,19,21)/b18-8-. The number of non-ortho nitro benzene ring substituents is 1. The van der Waals surface area contributed by atoms with Crippen molar-refractivity contribution in [3.05, 3.63) is 80.1 Å². The van der Waals surface area contributed by atoms with Crippen molar-refractivity contribution < 1.29 is 14.6 Å². The van der Waals surface area contributed by atoms with Gasteiger partial charge in [0.05, 0.1) is 21.0 Å². The van der Waals surface area contributed by atoms with E-state index in [4.69, 9.17) is 0 Å². The number of carbonyl (C=O) groups excluding carboxylic acids is 1. The first-order valence-electron chi connectivity index (χ1n) is 7.83. The quantitative estimate of drug-likeness (QED) is 0.338. The Bertz CT molecular complexity index is 1100. The number of nitrogens with one attached hydrogen (secondary N) is 2. The lowest BCUT2D eigenvalue weighted by atomic mass is 10.2. The number of hydrogen-bond donors (Lipinski definition) is 2. The van der Waals surface area contributed by atoms with Gasteiger partial charge in [-0.15, -0.1) is 0 Å². The number of nitro groups is 2. The molecule has 12 nitrogen and oxygen atoms in total. The summed E-state index contributed by atoms with van der Waals surface area (Å²) in [6.07, 6.45) is 2.52. The average molecular weight is 413 g/mol. The molecular formula is C16H11N7O5S. The highest BCUT2D eigenvalue weighted by atomic mass is 32.2. The monoisotopic (exact) mass is 413 g/mol. The molecule has 2 N–H and O–H groups in total. The maximum atomic E-state index is 12.0. The average Bonchev–Trinajstić information content (AvgIpc) is 3.22. The number of amides is 1. The van der Waals surface area contributed by atoms with Crippen molar-refractivity contribution in [1.82, 2.24) is 20.6 Å². The van der Waals surface area contributed by atoms with Crippen LogP contribution in [0.1, 0.15) is 15.9 Å². The van der Waals surface area contributed by atoms with Crippen LogP contribution >= 0.6 is 11.8 Å². The van der Waals surface area contributed by atoms with Crippen LogP contribution in [0.5, 0.6) is 0 Å². The first-order chi connectivity index (χ1) is 13.9. The van der Waals surface area contributed by atoms with E-state index >= 15 is 0 Å². The Labute approximate surface area is 166 Å². The third-order valence-corrected chi connectivity index (χ3v) is 4.43. The molecule has 0 aliphatic carbocycles. The molecule has 0 unspecified atom stereocenters. The summed E-state index contributed by atoms with van der Waals surface area (Å²) < 4.78 is 0. The Morgan fingerprint density at radius 3 is 2.69 bits per heavy atom. The van der Waals surface area contributed by atoms with E-state index < -0.39 is 15.8 Å². The third kappa shape index (κ3) is 4.98. The molecule has 29 heavy (non-hydrogen) atoms. The Hall–Kier alpha value is -4.13. The fraction of sp³-hybridized carbons (Fsp3) is 0. The first kappa shape index (κ1) is 19.6. The summed E-state index contributed by atoms with van der Waals surface area (Å²) in [5.74, 6) is -0.656. The molecule has 13 heteroatoms. The molecule has 1 aromatic heterocycles. The molecule has 2 aromatic carbocycles. The van der Waals surface area contributed by atoms with Crippen molar-refractivity contribution in [1.29, 1.82) is 0 Å². The van der Waals surface area contributed by atoms with Gasteiger partial charge in [0.15, 0.2) is 5.16 Å². The van der Waals surface area contributed by atoms with Gasteiger partial charge in [-0.05, 0) is 23.9 Å². The number of aromatic nitrogens is 3. The van der Waals surface area contributed by atoms with Gasteiger partial charge in [0.25, 0.3) is 17.3 Å². The summed E-state index contributed by atoms with van der Waals surface area (Å²) in [6.45, 7) is 0. The Kier molecular flexibility index (Phi) is 5.89. The fourth-order valence-corrected chi connectivity index (χ4v) is 2.96. The second-order valence-electron chi connectivity index (χ2n) is 5.38. The fourth-order valence-electron chi connectivity index (χ4n) is 2.18. The van der Waals surface area contributed by atoms with Gasteiger partial charge in [-0.2, -0.15) is 10.2 Å². The largest absolute Gasteiger partial charge is 0.283 e. The van der Waals surface area contributed by atoms with Gasteiger partial charge in [-0.1, -0.05) is 12.1 Å². The maximum absolute atomic E-state index is 12.0. The predicted molar refractivity (Wildman–Crippen MR) is 102 cm³/mol. The predicted octanol–water partition coefficient (Wildman–Crippen LogP) is 2.54. The van der Waals surface area contributed by atoms with Crippen LogP contribution in [0.15, 0.2) is 63.9 Å². The van der Waals surface area contributed by atoms with Crippen LogP contribution < -0.4 is 5.43 Å². The van der Waals surface area contributed by atoms with Gasteiger partial charge in [-0.3, -0.25) is 30.1 Å². The van der Waals surface area contributed by atoms with E-state index in [9.17, 15) is 25.0 Å². The lowest BCUT2D eigenvalue weighted by molar-refractivity contribution is -0.387. The maximum Gasteiger partial charge on any atom is 0.283 e. The zero-order valence-electron chi connectivity index (χ0n) is 14.4. The minimum Gasteiger partial charge on any atom is -0.267 e. The number of aromatic amines is 1. The number of H-pyrrole nitrogens is 1. The Balaban J connectivity index is 1.72. The summed E-state index contributed by atoms with van der Waals surface area (Å²) in [5, 5.41) is 32.5. The lowest BCUT2D eigenvalue weighted by Crippen LogP contribution is -2.17. The second-order valence-corrected chi connectivity index (χ2v) is 6.41. The molecule has 3 aromatic rings. The summed E-state index contributed by atoms with van der Waals surface area (Å²) in [5.41, 5.74) is 2.26. The number of hydrazone groups is 1. The van der Waals surface area contributed by atoms with E-state index in [1.807, 2.05) is 0 Å². The number of hydrogen-bond acceptors (Lipinski definition) is 9. The van der Waals surface area contributed by atoms with Crippen LogP contribution in [0.3, 0.4) is 0 Å². The highest BCUT2D eigenvalue weighted by Gasteiger charge is 2.16. The van der Waals surface area contributed by atoms with Crippen LogP contribution in [0.25, 0.3) is 0 Å². The van der Waals surface area contributed by atoms with Crippen molar-refractivity contribution in [2.45, 2.75) is 10.1 Å². The molecule has 0 saturated heterocycles. The summed E-state index contributed by atoms with van der Waals surface area (Å²) in [7, 11) is 0. The summed E-state index contributed by atoms with van der Waals surface area (Å²) in [4.78, 5) is 37.2. The van der Waals surface area contributed by atoms with E-state index in [2.05, 4.69) is 25.7 Å². The van der Waals surface area contributed by atoms with Crippen molar-refractivity contribution in [2.75, 3.05) is 0 Å². The van der Waals surface area contributed by atoms with Gasteiger partial charge in [0.2, 0.25) is 0 Å². The van der Waals surface area contributed by atoms with E-state index in [1.165, 1.54) is 42.9 Å². The molecule has 3 rings (SSSR count). The minimum atomic E-state index is -0.656. The molecule has 0 atom stereocenters. The number of benzene rings is 2. The third-order valence-electron chi connectivity index (χ3n) is 3.48. The zero-order chi connectivity index (χ0) is 20.8. The van der Waals surface area contributed by atoms with Crippen molar-refractivity contribution >= 4 is 35.3 Å². The number of nitrogens with zero attached hydrogens (tertiary/aromatic N) is 5. The van der Waals surface area contributed by atoms with Crippen molar-refractivity contribution in [2.24, 2.45) is 5.10 Å². The van der Waals surface area contributed by atoms with Crippen LogP contribution in [0, 0.1) is 20.2 Å². The van der Waals surface area contributed by atoms with Crippen molar-refractivity contribution in [3.63, 3.8) is 0 Å². The van der Waals surface area contributed by atoms with Crippen LogP contribution in [-0.2, 0) is 0 Å². The number of carbonyl (C=O) groups is 1. The molecule has 0 fully saturated rings. The first-order valence-corrected chi connectivity index (χ1v) is 8.65. The van der Waals surface area contributed by atoms with Crippen LogP contribution in [0.4, 0.5) is 11.4 Å². The lowest BCUT2D eigenvalue weighted by Gasteiger charge is -2.02. The van der Waals surface area contributed by atoms with Gasteiger partial charge < -0.3 is 0 Å². The number of rotatable bonds is 7. The Morgan fingerprint density at radius 1 is 1.17 bits per heavy atom. The molecule has 0 saturated carbocycles. The topological polar surface area (TPSA) is 169 Å². The zero-order valence-corrected chi connectivity index (χ0v) is 15.2. The Morgan fingerprint density at radius 2 is 2.00 bits per heavy atom. The molecule has 1 heterocycles. The highest BCUT2D eigenvalue weighted by molar-refractivity contribution is 7.99. The smallest absolute Gasteiger partial charge is 0.267 e. The van der Waals surface area contributed by atoms with Gasteiger partial charge in [0.1, 0.15) is 6.33 Å². The van der Waals surface area contributed by atoms with E-state index in [0.717, 1.165) is 17.8 Å². The molecule has 0 bridgehead atoms. The molecule has 0 radical (unpaired) electrons. The van der Waals surface area contributed by atoms with E-state index in [-0.39, 0.29) is 16.9 Å². The number of nitro benzene ring substituents is 2. The van der Waals surface area contributed by atoms with Crippen LogP contribution in [0.2, 0.25) is 0 Å². The molecule has 0 spiro atoms. The summed E-state index contributed by atoms with van der Waals surface area (Å²) in [6, 6.07) is 9.55. The SMILES string of the molecule is O=C(N/N=C\c1ccc(Sc2ncn[nH]2)c([N+](=O)[O-])c1)c1cccc([N+](=O)[O-])c1. The normalized spacial score (nSPS) is 10.8. The van der Waals surface area contributed by atoms with E-state index in [1.54, 1.807) is 6.07 Å². The highest BCUT2D eigenvalue weighted by Crippen LogP contribution is 2.33. The molecule has 0 aliphatic heterocycles. The second kappa shape index (κ2) is 8.71. The van der Waals surface area contributed by atoms with Crippen LogP contribution in [-0.4, -0.2) is 37.1 Å². The molecular weight excluding hydrogens is 402 g/mol. The van der Waals surface area contributed by atoms with Gasteiger partial charge >= 0.3 is 0 Å². The molecule has 1 amide bonds. The summed E-state index contributed by atoms with van der Waals surface area (Å²) >= 11 is 1.05. The molecule has 0 aliphatic rings. The van der Waals surface area contributed by atoms with E-state index in [0.29, 0.717) is 15.6 Å². The van der Waals surface area contributed by atoms with Crippen molar-refractivity contribution in [3.8, 4) is 0 Å². The minimum absolute atomic E-state index is 0.0566. The van der Waals surface area contributed by atoms with Gasteiger partial charge in [0, 0.05) is 29.3 Å². The molecule has 146 valence electrons.